The minimum absolute atomic E-state index is 0.114. The molecular weight excluding hydrogens is 336 g/mol. The van der Waals surface area contributed by atoms with Crippen LogP contribution in [0.3, 0.4) is 0 Å². The zero-order chi connectivity index (χ0) is 18.4. The molecule has 1 saturated carbocycles. The molecule has 1 spiro atoms. The minimum atomic E-state index is -0.266. The molecule has 2 heterocycles. The number of piperidine rings is 1. The number of rotatable bonds is 3. The highest BCUT2D eigenvalue weighted by Crippen LogP contribution is 2.57. The first kappa shape index (κ1) is 16.5. The molecule has 4 heteroatoms. The molecule has 1 aliphatic carbocycles. The largest absolute Gasteiger partial charge is 0.339 e. The number of carbonyl (C=O) groups excluding carboxylic acids is 2. The fourth-order valence-electron chi connectivity index (χ4n) is 4.63. The monoisotopic (exact) mass is 360 g/mol. The van der Waals surface area contributed by atoms with E-state index < -0.39 is 0 Å². The quantitative estimate of drug-likeness (QED) is 0.833. The van der Waals surface area contributed by atoms with Gasteiger partial charge in [0.1, 0.15) is 0 Å². The number of likely N-dealkylation sites (tertiary alicyclic amines) is 1. The van der Waals surface area contributed by atoms with E-state index in [1.165, 1.54) is 12.0 Å². The number of fused-ring (bicyclic) bond motifs is 2. The van der Waals surface area contributed by atoms with Gasteiger partial charge in [0.2, 0.25) is 5.91 Å². The Morgan fingerprint density at radius 2 is 1.74 bits per heavy atom. The van der Waals surface area contributed by atoms with Crippen LogP contribution in [0.15, 0.2) is 48.5 Å². The Kier molecular flexibility index (Phi) is 3.81. The molecule has 5 rings (SSSR count). The minimum Gasteiger partial charge on any atom is -0.339 e. The molecule has 0 bridgehead atoms. The maximum absolute atomic E-state index is 13.1. The molecule has 0 radical (unpaired) electrons. The van der Waals surface area contributed by atoms with Gasteiger partial charge < -0.3 is 9.80 Å². The van der Waals surface area contributed by atoms with Crippen LogP contribution in [-0.4, -0.2) is 29.8 Å². The lowest BCUT2D eigenvalue weighted by Gasteiger charge is -2.27. The van der Waals surface area contributed by atoms with Gasteiger partial charge in [-0.1, -0.05) is 30.3 Å². The van der Waals surface area contributed by atoms with E-state index in [1.807, 2.05) is 52.3 Å². The lowest BCUT2D eigenvalue weighted by Crippen LogP contribution is -2.35. The summed E-state index contributed by atoms with van der Waals surface area (Å²) >= 11 is 0. The Morgan fingerprint density at radius 1 is 0.963 bits per heavy atom. The zero-order valence-electron chi connectivity index (χ0n) is 15.5. The highest BCUT2D eigenvalue weighted by Gasteiger charge is 2.58. The van der Waals surface area contributed by atoms with Crippen molar-refractivity contribution in [3.8, 4) is 0 Å². The van der Waals surface area contributed by atoms with Crippen molar-refractivity contribution in [2.45, 2.75) is 44.1 Å². The average molecular weight is 360 g/mol. The summed E-state index contributed by atoms with van der Waals surface area (Å²) in [7, 11) is 0. The van der Waals surface area contributed by atoms with Gasteiger partial charge in [0, 0.05) is 24.3 Å². The van der Waals surface area contributed by atoms with E-state index in [-0.39, 0.29) is 17.2 Å². The smallest absolute Gasteiger partial charge is 0.253 e. The van der Waals surface area contributed by atoms with Crippen molar-refractivity contribution in [2.24, 2.45) is 0 Å². The van der Waals surface area contributed by atoms with E-state index >= 15 is 0 Å². The molecule has 27 heavy (non-hydrogen) atoms. The van der Waals surface area contributed by atoms with Crippen LogP contribution in [0.5, 0.6) is 0 Å². The van der Waals surface area contributed by atoms with E-state index in [9.17, 15) is 9.59 Å². The molecule has 2 aliphatic heterocycles. The highest BCUT2D eigenvalue weighted by molar-refractivity contribution is 6.10. The Morgan fingerprint density at radius 3 is 2.52 bits per heavy atom. The first-order chi connectivity index (χ1) is 13.2. The first-order valence-corrected chi connectivity index (χ1v) is 9.99. The van der Waals surface area contributed by atoms with Gasteiger partial charge in [0.05, 0.1) is 12.0 Å². The van der Waals surface area contributed by atoms with E-state index in [2.05, 4.69) is 6.07 Å². The van der Waals surface area contributed by atoms with Crippen molar-refractivity contribution in [2.75, 3.05) is 18.0 Å². The summed E-state index contributed by atoms with van der Waals surface area (Å²) in [6, 6.07) is 16.0. The Balaban J connectivity index is 1.40. The first-order valence-electron chi connectivity index (χ1n) is 9.99. The lowest BCUT2D eigenvalue weighted by atomic mass is 9.98. The summed E-state index contributed by atoms with van der Waals surface area (Å²) in [4.78, 5) is 29.7. The van der Waals surface area contributed by atoms with E-state index in [0.29, 0.717) is 6.54 Å². The second-order valence-electron chi connectivity index (χ2n) is 8.04. The summed E-state index contributed by atoms with van der Waals surface area (Å²) in [5, 5.41) is 0. The molecule has 0 aromatic heterocycles. The maximum Gasteiger partial charge on any atom is 0.253 e. The van der Waals surface area contributed by atoms with Crippen LogP contribution in [0.4, 0.5) is 5.69 Å². The topological polar surface area (TPSA) is 40.6 Å². The van der Waals surface area contributed by atoms with Gasteiger partial charge in [-0.25, -0.2) is 0 Å². The van der Waals surface area contributed by atoms with Crippen molar-refractivity contribution < 1.29 is 9.59 Å². The number of amides is 2. The third-order valence-corrected chi connectivity index (χ3v) is 6.27. The standard InChI is InChI=1S/C23H24N2O2/c26-21(24-13-4-1-5-14-24)18-8-6-7-17(15-18)16-25-20-10-3-2-9-19(20)23(11-12-23)22(25)27/h2-3,6-10,15H,1,4-5,11-14,16H2. The predicted molar refractivity (Wildman–Crippen MR) is 105 cm³/mol. The summed E-state index contributed by atoms with van der Waals surface area (Å²) in [5.74, 6) is 0.333. The molecular formula is C23H24N2O2. The molecule has 2 aromatic rings. The number of carbonyl (C=O) groups is 2. The van der Waals surface area contributed by atoms with Crippen LogP contribution < -0.4 is 4.90 Å². The average Bonchev–Trinajstić information content (AvgIpc) is 3.50. The fourth-order valence-corrected chi connectivity index (χ4v) is 4.63. The highest BCUT2D eigenvalue weighted by atomic mass is 16.2. The maximum atomic E-state index is 13.1. The van der Waals surface area contributed by atoms with Crippen molar-refractivity contribution in [3.05, 3.63) is 65.2 Å². The lowest BCUT2D eigenvalue weighted by molar-refractivity contribution is -0.120. The molecule has 138 valence electrons. The number of nitrogens with zero attached hydrogens (tertiary/aromatic N) is 2. The van der Waals surface area contributed by atoms with Crippen molar-refractivity contribution >= 4 is 17.5 Å². The number of para-hydroxylation sites is 1. The summed E-state index contributed by atoms with van der Waals surface area (Å²) in [5.41, 5.74) is 3.69. The van der Waals surface area contributed by atoms with Gasteiger partial charge in [-0.3, -0.25) is 9.59 Å². The molecule has 3 aliphatic rings. The summed E-state index contributed by atoms with van der Waals surface area (Å²) in [6.45, 7) is 2.23. The van der Waals surface area contributed by atoms with Crippen LogP contribution in [-0.2, 0) is 16.8 Å². The number of anilines is 1. The molecule has 4 nitrogen and oxygen atoms in total. The normalized spacial score (nSPS) is 20.1. The SMILES string of the molecule is O=C(c1cccc(CN2C(=O)C3(CC3)c3ccccc32)c1)N1CCCCC1. The Hall–Kier alpha value is -2.62. The summed E-state index contributed by atoms with van der Waals surface area (Å²) < 4.78 is 0. The van der Waals surface area contributed by atoms with Gasteiger partial charge in [-0.15, -0.1) is 0 Å². The number of benzene rings is 2. The molecule has 2 amide bonds. The van der Waals surface area contributed by atoms with Gasteiger partial charge in [0.15, 0.2) is 0 Å². The van der Waals surface area contributed by atoms with Crippen molar-refractivity contribution in [1.29, 1.82) is 0 Å². The molecule has 0 N–H and O–H groups in total. The van der Waals surface area contributed by atoms with Crippen LogP contribution in [0.1, 0.15) is 53.6 Å². The predicted octanol–water partition coefficient (Wildman–Crippen LogP) is 3.89. The Bertz CT molecular complexity index is 910. The third-order valence-electron chi connectivity index (χ3n) is 6.27. The van der Waals surface area contributed by atoms with Crippen LogP contribution in [0.2, 0.25) is 0 Å². The zero-order valence-corrected chi connectivity index (χ0v) is 15.5. The molecule has 2 aromatic carbocycles. The van der Waals surface area contributed by atoms with Crippen LogP contribution in [0.25, 0.3) is 0 Å². The molecule has 0 unspecified atom stereocenters. The van der Waals surface area contributed by atoms with Crippen LogP contribution >= 0.6 is 0 Å². The molecule has 2 fully saturated rings. The summed E-state index contributed by atoms with van der Waals surface area (Å²) in [6.07, 6.45) is 5.29. The molecule has 0 atom stereocenters. The fraction of sp³-hybridized carbons (Fsp3) is 0.391. The number of hydrogen-bond acceptors (Lipinski definition) is 2. The third kappa shape index (κ3) is 2.66. The van der Waals surface area contributed by atoms with Crippen molar-refractivity contribution in [3.63, 3.8) is 0 Å². The van der Waals surface area contributed by atoms with Gasteiger partial charge in [-0.2, -0.15) is 0 Å². The van der Waals surface area contributed by atoms with E-state index in [4.69, 9.17) is 0 Å². The van der Waals surface area contributed by atoms with Gasteiger partial charge in [0.25, 0.3) is 5.91 Å². The number of hydrogen-bond donors (Lipinski definition) is 0. The van der Waals surface area contributed by atoms with E-state index in [1.54, 1.807) is 0 Å². The second-order valence-corrected chi connectivity index (χ2v) is 8.04. The Labute approximate surface area is 159 Å². The second kappa shape index (κ2) is 6.22. The molecule has 1 saturated heterocycles. The van der Waals surface area contributed by atoms with Crippen molar-refractivity contribution in [1.82, 2.24) is 4.90 Å². The van der Waals surface area contributed by atoms with Gasteiger partial charge >= 0.3 is 0 Å². The van der Waals surface area contributed by atoms with Gasteiger partial charge in [-0.05, 0) is 61.4 Å². The van der Waals surface area contributed by atoms with E-state index in [0.717, 1.165) is 55.6 Å². The van der Waals surface area contributed by atoms with Crippen LogP contribution in [0, 0.1) is 0 Å².